The van der Waals surface area contributed by atoms with Crippen LogP contribution in [0.15, 0.2) is 41.3 Å². The molecule has 0 spiro atoms. The molecule has 0 atom stereocenters. The number of carbonyl (C=O) groups excluding carboxylic acids is 1. The first-order chi connectivity index (χ1) is 16.2. The van der Waals surface area contributed by atoms with E-state index in [2.05, 4.69) is 5.32 Å². The molecular formula is C23H33N3O7S. The van der Waals surface area contributed by atoms with Crippen molar-refractivity contribution in [2.24, 2.45) is 0 Å². The van der Waals surface area contributed by atoms with Crippen LogP contribution in [0.4, 0.5) is 5.69 Å². The van der Waals surface area contributed by atoms with Crippen molar-refractivity contribution in [2.45, 2.75) is 11.3 Å². The number of carbonyl (C=O) groups is 1. The van der Waals surface area contributed by atoms with Gasteiger partial charge < -0.3 is 29.2 Å². The minimum atomic E-state index is -4.22. The molecule has 1 N–H and O–H groups in total. The van der Waals surface area contributed by atoms with E-state index in [-0.39, 0.29) is 22.1 Å². The highest BCUT2D eigenvalue weighted by molar-refractivity contribution is 7.92. The highest BCUT2D eigenvalue weighted by Gasteiger charge is 2.30. The molecule has 188 valence electrons. The summed E-state index contributed by atoms with van der Waals surface area (Å²) < 4.78 is 49.7. The molecular weight excluding hydrogens is 462 g/mol. The van der Waals surface area contributed by atoms with E-state index < -0.39 is 22.5 Å². The van der Waals surface area contributed by atoms with Crippen LogP contribution in [0.1, 0.15) is 6.42 Å². The zero-order valence-corrected chi connectivity index (χ0v) is 21.3. The Kier molecular flexibility index (Phi) is 9.82. The number of nitrogens with one attached hydrogen (secondary N) is 1. The van der Waals surface area contributed by atoms with Crippen LogP contribution in [-0.4, -0.2) is 81.4 Å². The molecule has 34 heavy (non-hydrogen) atoms. The second kappa shape index (κ2) is 12.3. The number of hydrogen-bond donors (Lipinski definition) is 1. The maximum absolute atomic E-state index is 13.8. The molecule has 0 bridgehead atoms. The number of anilines is 1. The SMILES string of the molecule is COc1ccc(OC)c(N(CC(=O)NCCCN(C)C)S(=O)(=O)c2ccc(OC)c(OC)c2)c1. The Morgan fingerprint density at radius 1 is 0.882 bits per heavy atom. The summed E-state index contributed by atoms with van der Waals surface area (Å²) >= 11 is 0. The summed E-state index contributed by atoms with van der Waals surface area (Å²) in [7, 11) is 5.43. The zero-order chi connectivity index (χ0) is 25.3. The molecule has 0 aromatic heterocycles. The van der Waals surface area contributed by atoms with Gasteiger partial charge in [0.25, 0.3) is 10.0 Å². The third-order valence-electron chi connectivity index (χ3n) is 4.99. The van der Waals surface area contributed by atoms with Gasteiger partial charge in [0.05, 0.1) is 39.0 Å². The molecule has 1 amide bonds. The van der Waals surface area contributed by atoms with Gasteiger partial charge in [0, 0.05) is 18.7 Å². The fourth-order valence-electron chi connectivity index (χ4n) is 3.20. The second-order valence-corrected chi connectivity index (χ2v) is 9.44. The number of amides is 1. The maximum atomic E-state index is 13.8. The summed E-state index contributed by atoms with van der Waals surface area (Å²) in [6, 6.07) is 8.98. The lowest BCUT2D eigenvalue weighted by atomic mass is 10.2. The number of hydrogen-bond acceptors (Lipinski definition) is 8. The Bertz CT molecular complexity index is 1070. The Hall–Kier alpha value is -3.18. The van der Waals surface area contributed by atoms with E-state index in [0.29, 0.717) is 18.0 Å². The van der Waals surface area contributed by atoms with Crippen LogP contribution < -0.4 is 28.6 Å². The van der Waals surface area contributed by atoms with E-state index in [1.807, 2.05) is 19.0 Å². The first kappa shape index (κ1) is 27.1. The molecule has 0 radical (unpaired) electrons. The first-order valence-corrected chi connectivity index (χ1v) is 12.0. The predicted molar refractivity (Wildman–Crippen MR) is 130 cm³/mol. The molecule has 0 aliphatic carbocycles. The second-order valence-electron chi connectivity index (χ2n) is 7.57. The van der Waals surface area contributed by atoms with E-state index in [0.717, 1.165) is 17.3 Å². The summed E-state index contributed by atoms with van der Waals surface area (Å²) in [5.41, 5.74) is 0.167. The van der Waals surface area contributed by atoms with Crippen molar-refractivity contribution >= 4 is 21.6 Å². The van der Waals surface area contributed by atoms with Gasteiger partial charge in [-0.25, -0.2) is 8.42 Å². The quantitative estimate of drug-likeness (QED) is 0.421. The minimum Gasteiger partial charge on any atom is -0.497 e. The van der Waals surface area contributed by atoms with Crippen LogP contribution in [0.2, 0.25) is 0 Å². The molecule has 2 rings (SSSR count). The molecule has 0 fully saturated rings. The highest BCUT2D eigenvalue weighted by Crippen LogP contribution is 2.37. The number of ether oxygens (including phenoxy) is 4. The van der Waals surface area contributed by atoms with Gasteiger partial charge in [-0.05, 0) is 51.3 Å². The normalized spacial score (nSPS) is 11.1. The standard InChI is InChI=1S/C23H33N3O7S/c1-25(2)13-7-12-24-23(27)16-26(19-14-17(30-3)8-10-20(19)31-4)34(28,29)18-9-11-21(32-5)22(15-18)33-6/h8-11,14-15H,7,12-13,16H2,1-6H3,(H,24,27). The summed E-state index contributed by atoms with van der Waals surface area (Å²) in [5, 5.41) is 2.78. The fraction of sp³-hybridized carbons (Fsp3) is 0.435. The third kappa shape index (κ3) is 6.67. The van der Waals surface area contributed by atoms with Gasteiger partial charge in [-0.2, -0.15) is 0 Å². The first-order valence-electron chi connectivity index (χ1n) is 10.6. The van der Waals surface area contributed by atoms with Crippen molar-refractivity contribution in [3.8, 4) is 23.0 Å². The number of rotatable bonds is 13. The van der Waals surface area contributed by atoms with E-state index in [4.69, 9.17) is 18.9 Å². The topological polar surface area (TPSA) is 107 Å². The number of methoxy groups -OCH3 is 4. The van der Waals surface area contributed by atoms with Gasteiger partial charge in [-0.15, -0.1) is 0 Å². The van der Waals surface area contributed by atoms with Gasteiger partial charge in [0.15, 0.2) is 11.5 Å². The number of benzene rings is 2. The molecule has 11 heteroatoms. The molecule has 0 aliphatic heterocycles. The Labute approximate surface area is 201 Å². The van der Waals surface area contributed by atoms with Crippen molar-refractivity contribution in [2.75, 3.05) is 66.5 Å². The third-order valence-corrected chi connectivity index (χ3v) is 6.74. The summed E-state index contributed by atoms with van der Waals surface area (Å²) in [5.74, 6) is 0.854. The highest BCUT2D eigenvalue weighted by atomic mass is 32.2. The van der Waals surface area contributed by atoms with Gasteiger partial charge in [-0.3, -0.25) is 9.10 Å². The Morgan fingerprint density at radius 3 is 2.12 bits per heavy atom. The minimum absolute atomic E-state index is 0.0737. The van der Waals surface area contributed by atoms with E-state index >= 15 is 0 Å². The molecule has 0 aliphatic rings. The van der Waals surface area contributed by atoms with Gasteiger partial charge >= 0.3 is 0 Å². The Balaban J connectivity index is 2.50. The fourth-order valence-corrected chi connectivity index (χ4v) is 4.64. The molecule has 0 unspecified atom stereocenters. The average molecular weight is 496 g/mol. The van der Waals surface area contributed by atoms with Crippen molar-refractivity contribution in [3.63, 3.8) is 0 Å². The summed E-state index contributed by atoms with van der Waals surface area (Å²) in [4.78, 5) is 14.7. The van der Waals surface area contributed by atoms with Gasteiger partial charge in [0.2, 0.25) is 5.91 Å². The molecule has 0 saturated heterocycles. The van der Waals surface area contributed by atoms with Crippen molar-refractivity contribution < 1.29 is 32.2 Å². The van der Waals surface area contributed by atoms with Crippen LogP contribution in [-0.2, 0) is 14.8 Å². The Morgan fingerprint density at radius 2 is 1.53 bits per heavy atom. The van der Waals surface area contributed by atoms with Crippen molar-refractivity contribution in [3.05, 3.63) is 36.4 Å². The molecule has 2 aromatic carbocycles. The van der Waals surface area contributed by atoms with E-state index in [1.165, 1.54) is 52.7 Å². The molecule has 2 aromatic rings. The molecule has 0 heterocycles. The summed E-state index contributed by atoms with van der Waals surface area (Å²) in [6.45, 7) is 0.746. The van der Waals surface area contributed by atoms with E-state index in [1.54, 1.807) is 12.1 Å². The van der Waals surface area contributed by atoms with Crippen LogP contribution in [0.25, 0.3) is 0 Å². The summed E-state index contributed by atoms with van der Waals surface area (Å²) in [6.07, 6.45) is 0.726. The van der Waals surface area contributed by atoms with Crippen LogP contribution in [0.3, 0.4) is 0 Å². The largest absolute Gasteiger partial charge is 0.497 e. The van der Waals surface area contributed by atoms with Crippen LogP contribution in [0, 0.1) is 0 Å². The van der Waals surface area contributed by atoms with Crippen LogP contribution >= 0.6 is 0 Å². The van der Waals surface area contributed by atoms with Crippen LogP contribution in [0.5, 0.6) is 23.0 Å². The predicted octanol–water partition coefficient (Wildman–Crippen LogP) is 1.98. The lowest BCUT2D eigenvalue weighted by Crippen LogP contribution is -2.41. The average Bonchev–Trinajstić information content (AvgIpc) is 2.83. The number of nitrogens with zero attached hydrogens (tertiary/aromatic N) is 2. The number of sulfonamides is 1. The monoisotopic (exact) mass is 495 g/mol. The lowest BCUT2D eigenvalue weighted by molar-refractivity contribution is -0.119. The van der Waals surface area contributed by atoms with Crippen molar-refractivity contribution in [1.82, 2.24) is 10.2 Å². The zero-order valence-electron chi connectivity index (χ0n) is 20.5. The maximum Gasteiger partial charge on any atom is 0.265 e. The molecule has 10 nitrogen and oxygen atoms in total. The van der Waals surface area contributed by atoms with Crippen molar-refractivity contribution in [1.29, 1.82) is 0 Å². The van der Waals surface area contributed by atoms with Gasteiger partial charge in [-0.1, -0.05) is 0 Å². The smallest absolute Gasteiger partial charge is 0.265 e. The lowest BCUT2D eigenvalue weighted by Gasteiger charge is -2.26. The van der Waals surface area contributed by atoms with E-state index in [9.17, 15) is 13.2 Å². The van der Waals surface area contributed by atoms with Gasteiger partial charge in [0.1, 0.15) is 18.0 Å². The molecule has 0 saturated carbocycles.